The molecule has 0 fully saturated rings. The van der Waals surface area contributed by atoms with Gasteiger partial charge in [-0.25, -0.2) is 0 Å². The summed E-state index contributed by atoms with van der Waals surface area (Å²) >= 11 is 0. The standard InChI is InChI=1S/C17H19N5O3/c1-2-3-10-25-13-6-4-12(5-7-13)16(23)19-11-14-20-21-15-17(24)18-8-9-22(14)15/h4-9H,2-3,10-11H2,1H3,(H,18,24)(H,19,23). The summed E-state index contributed by atoms with van der Waals surface area (Å²) in [5.74, 6) is 0.989. The molecule has 3 rings (SSSR count). The molecule has 0 spiro atoms. The molecule has 2 heterocycles. The fourth-order valence-electron chi connectivity index (χ4n) is 2.31. The first-order valence-electron chi connectivity index (χ1n) is 8.11. The summed E-state index contributed by atoms with van der Waals surface area (Å²) in [5, 5.41) is 10.5. The Labute approximate surface area is 143 Å². The van der Waals surface area contributed by atoms with Crippen molar-refractivity contribution in [3.05, 3.63) is 58.4 Å². The summed E-state index contributed by atoms with van der Waals surface area (Å²) in [6.07, 6.45) is 5.21. The topological polar surface area (TPSA) is 101 Å². The lowest BCUT2D eigenvalue weighted by atomic mass is 10.2. The third-order valence-corrected chi connectivity index (χ3v) is 3.70. The van der Waals surface area contributed by atoms with E-state index >= 15 is 0 Å². The van der Waals surface area contributed by atoms with Gasteiger partial charge in [-0.1, -0.05) is 13.3 Å². The summed E-state index contributed by atoms with van der Waals surface area (Å²) in [5.41, 5.74) is 0.390. The highest BCUT2D eigenvalue weighted by Gasteiger charge is 2.10. The van der Waals surface area contributed by atoms with Gasteiger partial charge >= 0.3 is 0 Å². The van der Waals surface area contributed by atoms with E-state index in [4.69, 9.17) is 4.74 Å². The van der Waals surface area contributed by atoms with E-state index in [1.165, 1.54) is 6.20 Å². The Bertz CT molecular complexity index is 914. The van der Waals surface area contributed by atoms with Gasteiger partial charge in [-0.2, -0.15) is 0 Å². The SMILES string of the molecule is CCCCOc1ccc(C(=O)NCc2nnc3c(=O)[nH]ccn23)cc1. The number of aromatic amines is 1. The minimum atomic E-state index is -0.328. The molecule has 1 amide bonds. The van der Waals surface area contributed by atoms with Crippen molar-refractivity contribution >= 4 is 11.6 Å². The number of nitrogens with zero attached hydrogens (tertiary/aromatic N) is 3. The lowest BCUT2D eigenvalue weighted by Crippen LogP contribution is -2.24. The van der Waals surface area contributed by atoms with Crippen LogP contribution in [-0.4, -0.2) is 32.1 Å². The molecule has 8 heteroatoms. The number of unbranched alkanes of at least 4 members (excludes halogenated alkanes) is 1. The number of aromatic nitrogens is 4. The molecule has 0 atom stereocenters. The van der Waals surface area contributed by atoms with Crippen LogP contribution in [0.2, 0.25) is 0 Å². The maximum atomic E-state index is 12.2. The number of hydrogen-bond donors (Lipinski definition) is 2. The highest BCUT2D eigenvalue weighted by molar-refractivity contribution is 5.94. The lowest BCUT2D eigenvalue weighted by molar-refractivity contribution is 0.0949. The minimum absolute atomic E-state index is 0.165. The third kappa shape index (κ3) is 3.85. The van der Waals surface area contributed by atoms with Gasteiger partial charge in [0.15, 0.2) is 5.82 Å². The largest absolute Gasteiger partial charge is 0.494 e. The molecule has 0 aliphatic rings. The summed E-state index contributed by atoms with van der Waals surface area (Å²) in [7, 11) is 0. The monoisotopic (exact) mass is 341 g/mol. The average Bonchev–Trinajstić information content (AvgIpc) is 3.05. The van der Waals surface area contributed by atoms with Gasteiger partial charge in [0.1, 0.15) is 5.75 Å². The molecular weight excluding hydrogens is 322 g/mol. The molecule has 8 nitrogen and oxygen atoms in total. The first-order valence-corrected chi connectivity index (χ1v) is 8.11. The van der Waals surface area contributed by atoms with Gasteiger partial charge in [0.25, 0.3) is 11.5 Å². The number of carbonyl (C=O) groups excluding carboxylic acids is 1. The Morgan fingerprint density at radius 3 is 2.84 bits per heavy atom. The molecule has 2 N–H and O–H groups in total. The number of hydrogen-bond acceptors (Lipinski definition) is 5. The maximum Gasteiger partial charge on any atom is 0.293 e. The van der Waals surface area contributed by atoms with Crippen molar-refractivity contribution < 1.29 is 9.53 Å². The van der Waals surface area contributed by atoms with Gasteiger partial charge in [-0.05, 0) is 30.7 Å². The number of H-pyrrole nitrogens is 1. The number of fused-ring (bicyclic) bond motifs is 1. The molecule has 0 radical (unpaired) electrons. The smallest absolute Gasteiger partial charge is 0.293 e. The molecular formula is C17H19N5O3. The van der Waals surface area contributed by atoms with Crippen molar-refractivity contribution in [3.8, 4) is 5.75 Å². The van der Waals surface area contributed by atoms with Crippen LogP contribution in [0.25, 0.3) is 5.65 Å². The van der Waals surface area contributed by atoms with Crippen LogP contribution in [0.15, 0.2) is 41.5 Å². The quantitative estimate of drug-likeness (QED) is 0.635. The number of carbonyl (C=O) groups is 1. The van der Waals surface area contributed by atoms with E-state index in [0.29, 0.717) is 18.0 Å². The van der Waals surface area contributed by atoms with Crippen molar-refractivity contribution in [2.24, 2.45) is 0 Å². The molecule has 0 bridgehead atoms. The number of amides is 1. The van der Waals surface area contributed by atoms with Crippen molar-refractivity contribution in [2.75, 3.05) is 6.61 Å². The van der Waals surface area contributed by atoms with Crippen molar-refractivity contribution in [1.29, 1.82) is 0 Å². The minimum Gasteiger partial charge on any atom is -0.494 e. The lowest BCUT2D eigenvalue weighted by Gasteiger charge is -2.07. The Balaban J connectivity index is 1.62. The van der Waals surface area contributed by atoms with Crippen LogP contribution in [0.5, 0.6) is 5.75 Å². The molecule has 0 unspecified atom stereocenters. The van der Waals surface area contributed by atoms with E-state index in [-0.39, 0.29) is 23.7 Å². The Morgan fingerprint density at radius 1 is 1.28 bits per heavy atom. The van der Waals surface area contributed by atoms with Gasteiger partial charge in [-0.3, -0.25) is 14.0 Å². The fraction of sp³-hybridized carbons (Fsp3) is 0.294. The van der Waals surface area contributed by atoms with Crippen molar-refractivity contribution in [1.82, 2.24) is 24.9 Å². The van der Waals surface area contributed by atoms with Gasteiger partial charge in [0.2, 0.25) is 5.65 Å². The molecule has 130 valence electrons. The van der Waals surface area contributed by atoms with Gasteiger partial charge in [0.05, 0.1) is 13.2 Å². The van der Waals surface area contributed by atoms with Crippen LogP contribution < -0.4 is 15.6 Å². The predicted octanol–water partition coefficient (Wildman–Crippen LogP) is 1.53. The highest BCUT2D eigenvalue weighted by Crippen LogP contribution is 2.13. The summed E-state index contributed by atoms with van der Waals surface area (Å²) in [4.78, 5) is 26.4. The Kier molecular flexibility index (Phi) is 5.08. The summed E-state index contributed by atoms with van der Waals surface area (Å²) in [6.45, 7) is 2.94. The Hall–Kier alpha value is -3.16. The van der Waals surface area contributed by atoms with E-state index in [9.17, 15) is 9.59 Å². The van der Waals surface area contributed by atoms with Crippen molar-refractivity contribution in [3.63, 3.8) is 0 Å². The van der Waals surface area contributed by atoms with E-state index in [1.54, 1.807) is 34.9 Å². The molecule has 3 aromatic rings. The van der Waals surface area contributed by atoms with Gasteiger partial charge in [-0.15, -0.1) is 10.2 Å². The van der Waals surface area contributed by atoms with Gasteiger partial charge < -0.3 is 15.0 Å². The second-order valence-corrected chi connectivity index (χ2v) is 5.51. The predicted molar refractivity (Wildman–Crippen MR) is 91.6 cm³/mol. The first kappa shape index (κ1) is 16.7. The maximum absolute atomic E-state index is 12.2. The highest BCUT2D eigenvalue weighted by atomic mass is 16.5. The van der Waals surface area contributed by atoms with E-state index in [0.717, 1.165) is 18.6 Å². The van der Waals surface area contributed by atoms with E-state index < -0.39 is 0 Å². The molecule has 25 heavy (non-hydrogen) atoms. The first-order chi connectivity index (χ1) is 12.2. The van der Waals surface area contributed by atoms with Crippen molar-refractivity contribution in [2.45, 2.75) is 26.3 Å². The van der Waals surface area contributed by atoms with E-state index in [2.05, 4.69) is 27.4 Å². The number of rotatable bonds is 7. The van der Waals surface area contributed by atoms with Crippen LogP contribution >= 0.6 is 0 Å². The molecule has 0 saturated heterocycles. The second kappa shape index (κ2) is 7.61. The second-order valence-electron chi connectivity index (χ2n) is 5.51. The molecule has 2 aromatic heterocycles. The molecule has 0 aliphatic carbocycles. The Morgan fingerprint density at radius 2 is 2.08 bits per heavy atom. The van der Waals surface area contributed by atoms with Crippen LogP contribution in [0.4, 0.5) is 0 Å². The number of benzene rings is 1. The number of ether oxygens (including phenoxy) is 1. The average molecular weight is 341 g/mol. The summed E-state index contributed by atoms with van der Waals surface area (Å²) in [6, 6.07) is 6.97. The normalized spacial score (nSPS) is 10.8. The molecule has 0 saturated carbocycles. The zero-order chi connectivity index (χ0) is 17.6. The fourth-order valence-corrected chi connectivity index (χ4v) is 2.31. The number of nitrogens with one attached hydrogen (secondary N) is 2. The van der Waals surface area contributed by atoms with Crippen LogP contribution in [0, 0.1) is 0 Å². The van der Waals surface area contributed by atoms with E-state index in [1.807, 2.05) is 0 Å². The molecule has 1 aromatic carbocycles. The van der Waals surface area contributed by atoms with Crippen LogP contribution in [0.3, 0.4) is 0 Å². The zero-order valence-corrected chi connectivity index (χ0v) is 13.9. The zero-order valence-electron chi connectivity index (χ0n) is 13.9. The van der Waals surface area contributed by atoms with Crippen LogP contribution in [-0.2, 0) is 6.54 Å². The van der Waals surface area contributed by atoms with Crippen LogP contribution in [0.1, 0.15) is 35.9 Å². The third-order valence-electron chi connectivity index (χ3n) is 3.70. The molecule has 0 aliphatic heterocycles. The summed E-state index contributed by atoms with van der Waals surface area (Å²) < 4.78 is 7.12. The van der Waals surface area contributed by atoms with Gasteiger partial charge in [0, 0.05) is 18.0 Å².